The molecule has 0 N–H and O–H groups in total. The van der Waals surface area contributed by atoms with Crippen molar-refractivity contribution in [3.05, 3.63) is 0 Å². The van der Waals surface area contributed by atoms with Gasteiger partial charge in [0.2, 0.25) is 0 Å². The van der Waals surface area contributed by atoms with Gasteiger partial charge in [0.25, 0.3) is 0 Å². The summed E-state index contributed by atoms with van der Waals surface area (Å²) in [5.74, 6) is -0.363. The Morgan fingerprint density at radius 2 is 2.00 bits per heavy atom. The monoisotopic (exact) mass is 171 g/mol. The standard InChI is InChI=1S/C4H8ClO3S/c1-4(5)9(7,8)3-2-6/h4H,2-3H2,1H3. The van der Waals surface area contributed by atoms with Crippen molar-refractivity contribution in [2.45, 2.75) is 11.6 Å². The lowest BCUT2D eigenvalue weighted by atomic mass is 10.9. The van der Waals surface area contributed by atoms with Crippen LogP contribution in [0.2, 0.25) is 0 Å². The van der Waals surface area contributed by atoms with E-state index in [-0.39, 0.29) is 5.75 Å². The molecule has 55 valence electrons. The highest BCUT2D eigenvalue weighted by Gasteiger charge is 2.16. The lowest BCUT2D eigenvalue weighted by molar-refractivity contribution is 0.213. The van der Waals surface area contributed by atoms with Gasteiger partial charge >= 0.3 is 0 Å². The molecule has 1 radical (unpaired) electrons. The molecule has 0 saturated heterocycles. The number of hydrogen-bond donors (Lipinski definition) is 0. The molecule has 0 heterocycles. The lowest BCUT2D eigenvalue weighted by Gasteiger charge is -2.00. The highest BCUT2D eigenvalue weighted by Crippen LogP contribution is 2.04. The molecule has 0 bridgehead atoms. The van der Waals surface area contributed by atoms with Crippen LogP contribution >= 0.6 is 11.6 Å². The van der Waals surface area contributed by atoms with E-state index in [4.69, 9.17) is 11.6 Å². The predicted molar refractivity (Wildman–Crippen MR) is 34.7 cm³/mol. The quantitative estimate of drug-likeness (QED) is 0.578. The number of alkyl halides is 1. The molecule has 0 saturated carbocycles. The van der Waals surface area contributed by atoms with Crippen molar-refractivity contribution < 1.29 is 13.5 Å². The van der Waals surface area contributed by atoms with Crippen LogP contribution in [0.1, 0.15) is 6.92 Å². The third-order valence-corrected chi connectivity index (χ3v) is 3.40. The summed E-state index contributed by atoms with van der Waals surface area (Å²) < 4.78 is 20.3. The van der Waals surface area contributed by atoms with Gasteiger partial charge in [-0.3, -0.25) is 0 Å². The summed E-state index contributed by atoms with van der Waals surface area (Å²) in [6, 6.07) is 0. The summed E-state index contributed by atoms with van der Waals surface area (Å²) in [4.78, 5) is 0. The zero-order chi connectivity index (χ0) is 7.49. The van der Waals surface area contributed by atoms with Crippen LogP contribution in [-0.4, -0.2) is 25.5 Å². The van der Waals surface area contributed by atoms with Gasteiger partial charge in [-0.2, -0.15) is 0 Å². The Morgan fingerprint density at radius 1 is 1.56 bits per heavy atom. The van der Waals surface area contributed by atoms with Gasteiger partial charge in [0, 0.05) is 0 Å². The maximum Gasteiger partial charge on any atom is 0.169 e. The van der Waals surface area contributed by atoms with Crippen LogP contribution in [0.5, 0.6) is 0 Å². The second-order valence-corrected chi connectivity index (χ2v) is 4.97. The third-order valence-electron chi connectivity index (χ3n) is 0.863. The Balaban J connectivity index is 4.05. The molecule has 0 fully saturated rings. The molecule has 0 aliphatic carbocycles. The first-order valence-corrected chi connectivity index (χ1v) is 4.59. The summed E-state index contributed by atoms with van der Waals surface area (Å²) in [6.45, 7) is 0.728. The Hall–Kier alpha value is 0.200. The van der Waals surface area contributed by atoms with Crippen LogP contribution in [0.3, 0.4) is 0 Å². The van der Waals surface area contributed by atoms with Gasteiger partial charge in [-0.15, -0.1) is 11.6 Å². The van der Waals surface area contributed by atoms with Gasteiger partial charge in [0.05, 0.1) is 12.4 Å². The van der Waals surface area contributed by atoms with Crippen molar-refractivity contribution in [2.75, 3.05) is 12.4 Å². The van der Waals surface area contributed by atoms with E-state index in [2.05, 4.69) is 0 Å². The van der Waals surface area contributed by atoms with Gasteiger partial charge in [-0.25, -0.2) is 13.5 Å². The van der Waals surface area contributed by atoms with E-state index in [0.29, 0.717) is 0 Å². The smallest absolute Gasteiger partial charge is 0.169 e. The van der Waals surface area contributed by atoms with Crippen LogP contribution in [0.25, 0.3) is 0 Å². The molecular weight excluding hydrogens is 164 g/mol. The van der Waals surface area contributed by atoms with E-state index in [1.54, 1.807) is 0 Å². The molecule has 0 aromatic carbocycles. The second kappa shape index (κ2) is 3.39. The first-order chi connectivity index (χ1) is 4.00. The van der Waals surface area contributed by atoms with E-state index in [0.717, 1.165) is 0 Å². The molecule has 1 unspecified atom stereocenters. The highest BCUT2D eigenvalue weighted by atomic mass is 35.5. The van der Waals surface area contributed by atoms with Crippen LogP contribution in [0.15, 0.2) is 0 Å². The first kappa shape index (κ1) is 9.20. The number of halogens is 1. The summed E-state index contributed by atoms with van der Waals surface area (Å²) in [6.07, 6.45) is 0. The number of hydrogen-bond acceptors (Lipinski definition) is 2. The van der Waals surface area contributed by atoms with E-state index in [1.807, 2.05) is 0 Å². The fourth-order valence-corrected chi connectivity index (χ4v) is 1.10. The van der Waals surface area contributed by atoms with Crippen molar-refractivity contribution in [1.29, 1.82) is 0 Å². The van der Waals surface area contributed by atoms with Gasteiger partial charge in [-0.05, 0) is 6.92 Å². The predicted octanol–water partition coefficient (Wildman–Crippen LogP) is 0.417. The average molecular weight is 172 g/mol. The molecule has 0 amide bonds. The molecule has 1 atom stereocenters. The SMILES string of the molecule is CC(Cl)S(=O)(=O)CC[O]. The van der Waals surface area contributed by atoms with Crippen LogP contribution in [-0.2, 0) is 14.9 Å². The largest absolute Gasteiger partial charge is 0.236 e. The topological polar surface area (TPSA) is 54.0 Å². The second-order valence-electron chi connectivity index (χ2n) is 1.61. The fraction of sp³-hybridized carbons (Fsp3) is 1.00. The molecule has 0 spiro atoms. The summed E-state index contributed by atoms with van der Waals surface area (Å²) >= 11 is 5.22. The van der Waals surface area contributed by atoms with Crippen molar-refractivity contribution >= 4 is 21.4 Å². The Bertz CT molecular complexity index is 161. The van der Waals surface area contributed by atoms with Crippen molar-refractivity contribution in [1.82, 2.24) is 0 Å². The van der Waals surface area contributed by atoms with Crippen LogP contribution in [0.4, 0.5) is 0 Å². The molecule has 5 heteroatoms. The fourth-order valence-electron chi connectivity index (χ4n) is 0.279. The van der Waals surface area contributed by atoms with Gasteiger partial charge in [0.1, 0.15) is 4.71 Å². The summed E-state index contributed by atoms with van der Waals surface area (Å²) in [7, 11) is -3.30. The Labute approximate surface area is 59.6 Å². The first-order valence-electron chi connectivity index (χ1n) is 2.44. The zero-order valence-corrected chi connectivity index (χ0v) is 6.57. The van der Waals surface area contributed by atoms with E-state index < -0.39 is 21.2 Å². The Kier molecular flexibility index (Phi) is 3.46. The minimum Gasteiger partial charge on any atom is -0.236 e. The Morgan fingerprint density at radius 3 is 2.11 bits per heavy atom. The van der Waals surface area contributed by atoms with Crippen molar-refractivity contribution in [3.8, 4) is 0 Å². The maximum absolute atomic E-state index is 10.6. The molecule has 0 aliphatic rings. The maximum atomic E-state index is 10.6. The van der Waals surface area contributed by atoms with Gasteiger partial charge in [-0.1, -0.05) is 0 Å². The molecule has 0 aliphatic heterocycles. The van der Waals surface area contributed by atoms with Gasteiger partial charge in [0.15, 0.2) is 9.84 Å². The molecule has 0 aromatic rings. The van der Waals surface area contributed by atoms with E-state index >= 15 is 0 Å². The molecule has 0 aromatic heterocycles. The molecule has 0 rings (SSSR count). The van der Waals surface area contributed by atoms with E-state index in [9.17, 15) is 13.5 Å². The summed E-state index contributed by atoms with van der Waals surface area (Å²) in [5, 5.41) is 9.81. The van der Waals surface area contributed by atoms with Gasteiger partial charge < -0.3 is 0 Å². The molecule has 9 heavy (non-hydrogen) atoms. The molecular formula is C4H8ClO3S. The number of sulfone groups is 1. The van der Waals surface area contributed by atoms with Crippen LogP contribution < -0.4 is 0 Å². The lowest BCUT2D eigenvalue weighted by Crippen LogP contribution is -2.17. The minimum absolute atomic E-state index is 0.363. The summed E-state index contributed by atoms with van der Waals surface area (Å²) in [5.41, 5.74) is 0. The average Bonchev–Trinajstić information content (AvgIpc) is 1.65. The molecule has 3 nitrogen and oxygen atoms in total. The van der Waals surface area contributed by atoms with Crippen molar-refractivity contribution in [3.63, 3.8) is 0 Å². The highest BCUT2D eigenvalue weighted by molar-refractivity contribution is 7.93. The zero-order valence-electron chi connectivity index (χ0n) is 5.00. The number of rotatable bonds is 3. The minimum atomic E-state index is -3.30. The van der Waals surface area contributed by atoms with Crippen molar-refractivity contribution in [2.24, 2.45) is 0 Å². The third kappa shape index (κ3) is 3.03. The van der Waals surface area contributed by atoms with Crippen LogP contribution in [0, 0.1) is 0 Å². The normalized spacial score (nSPS) is 15.4. The van der Waals surface area contributed by atoms with E-state index in [1.165, 1.54) is 6.92 Å².